The Hall–Kier alpha value is -3.43. The number of anilines is 2. The summed E-state index contributed by atoms with van der Waals surface area (Å²) in [5.41, 5.74) is 1.61. The van der Waals surface area contributed by atoms with Gasteiger partial charge in [-0.2, -0.15) is 13.2 Å². The fourth-order valence-electron chi connectivity index (χ4n) is 3.45. The number of likely N-dealkylation sites (N-methyl/N-ethyl adjacent to an activating group) is 1. The molecule has 3 heterocycles. The van der Waals surface area contributed by atoms with Crippen molar-refractivity contribution in [1.82, 2.24) is 4.98 Å². The second-order valence-electron chi connectivity index (χ2n) is 7.07. The molecule has 2 aliphatic rings. The Kier molecular flexibility index (Phi) is 4.71. The van der Waals surface area contributed by atoms with Crippen molar-refractivity contribution in [1.29, 1.82) is 0 Å². The molecule has 0 bridgehead atoms. The van der Waals surface area contributed by atoms with Crippen molar-refractivity contribution in [2.45, 2.75) is 25.7 Å². The number of aromatic nitrogens is 1. The Labute approximate surface area is 169 Å². The second kappa shape index (κ2) is 7.12. The summed E-state index contributed by atoms with van der Waals surface area (Å²) < 4.78 is 44.6. The van der Waals surface area contributed by atoms with Crippen molar-refractivity contribution < 1.29 is 27.5 Å². The van der Waals surface area contributed by atoms with Gasteiger partial charge in [0.1, 0.15) is 12.4 Å². The molecule has 30 heavy (non-hydrogen) atoms. The van der Waals surface area contributed by atoms with E-state index < -0.39 is 29.8 Å². The topological polar surface area (TPSA) is 75.1 Å². The lowest BCUT2D eigenvalue weighted by atomic mass is 10.1. The van der Waals surface area contributed by atoms with E-state index in [0.717, 1.165) is 28.2 Å². The lowest BCUT2D eigenvalue weighted by molar-refractivity contribution is -0.137. The number of benzene rings is 1. The third kappa shape index (κ3) is 3.49. The van der Waals surface area contributed by atoms with Gasteiger partial charge in [0.05, 0.1) is 12.1 Å². The first-order valence-corrected chi connectivity index (χ1v) is 9.07. The summed E-state index contributed by atoms with van der Waals surface area (Å²) in [6, 6.07) is 5.86. The standard InChI is InChI=1S/C20H17F3N4O3/c1-11-5-14(20(21,22)23)7-17(25-11)27-16(10-30-19(27)29)18(28)26(2)15-4-3-12-8-24-9-13(12)6-15/h3-8,16H,9-10H2,1-2H3/t16-/m0/s1. The highest BCUT2D eigenvalue weighted by Gasteiger charge is 2.43. The molecule has 2 amide bonds. The number of hydrogen-bond acceptors (Lipinski definition) is 5. The Morgan fingerprint density at radius 1 is 1.27 bits per heavy atom. The zero-order valence-corrected chi connectivity index (χ0v) is 16.1. The van der Waals surface area contributed by atoms with Crippen LogP contribution in [0.1, 0.15) is 22.4 Å². The Morgan fingerprint density at radius 3 is 2.77 bits per heavy atom. The van der Waals surface area contributed by atoms with E-state index in [1.54, 1.807) is 12.3 Å². The number of hydrogen-bond donors (Lipinski definition) is 0. The highest BCUT2D eigenvalue weighted by Crippen LogP contribution is 2.33. The van der Waals surface area contributed by atoms with Crippen LogP contribution in [0.4, 0.5) is 29.5 Å². The largest absolute Gasteiger partial charge is 0.446 e. The van der Waals surface area contributed by atoms with E-state index >= 15 is 0 Å². The van der Waals surface area contributed by atoms with Gasteiger partial charge < -0.3 is 9.64 Å². The van der Waals surface area contributed by atoms with Crippen LogP contribution in [0.3, 0.4) is 0 Å². The summed E-state index contributed by atoms with van der Waals surface area (Å²) in [7, 11) is 1.53. The number of pyridine rings is 1. The number of cyclic esters (lactones) is 1. The first-order valence-electron chi connectivity index (χ1n) is 9.07. The summed E-state index contributed by atoms with van der Waals surface area (Å²) >= 11 is 0. The zero-order valence-electron chi connectivity index (χ0n) is 16.1. The highest BCUT2D eigenvalue weighted by atomic mass is 19.4. The van der Waals surface area contributed by atoms with Crippen molar-refractivity contribution in [2.24, 2.45) is 4.99 Å². The molecule has 10 heteroatoms. The molecule has 0 unspecified atom stereocenters. The average molecular weight is 418 g/mol. The van der Waals surface area contributed by atoms with Gasteiger partial charge in [-0.05, 0) is 42.3 Å². The van der Waals surface area contributed by atoms with Crippen LogP contribution in [0.15, 0.2) is 35.3 Å². The minimum Gasteiger partial charge on any atom is -0.446 e. The van der Waals surface area contributed by atoms with Crippen LogP contribution in [0.5, 0.6) is 0 Å². The maximum atomic E-state index is 13.2. The molecular weight excluding hydrogens is 401 g/mol. The number of aliphatic imine (C=N–C) groups is 1. The van der Waals surface area contributed by atoms with Crippen molar-refractivity contribution in [3.8, 4) is 0 Å². The van der Waals surface area contributed by atoms with Crippen LogP contribution in [0.25, 0.3) is 0 Å². The summed E-state index contributed by atoms with van der Waals surface area (Å²) in [6.45, 7) is 1.61. The van der Waals surface area contributed by atoms with Gasteiger partial charge in [0, 0.05) is 24.6 Å². The van der Waals surface area contributed by atoms with E-state index in [4.69, 9.17) is 4.74 Å². The third-order valence-corrected chi connectivity index (χ3v) is 5.01. The molecule has 1 saturated heterocycles. The Morgan fingerprint density at radius 2 is 2.03 bits per heavy atom. The van der Waals surface area contributed by atoms with Crippen LogP contribution in [-0.2, 0) is 22.3 Å². The summed E-state index contributed by atoms with van der Waals surface area (Å²) in [5.74, 6) is -0.782. The van der Waals surface area contributed by atoms with E-state index in [2.05, 4.69) is 9.98 Å². The van der Waals surface area contributed by atoms with Gasteiger partial charge >= 0.3 is 12.3 Å². The maximum Gasteiger partial charge on any atom is 0.416 e. The minimum atomic E-state index is -4.62. The van der Waals surface area contributed by atoms with Gasteiger partial charge in [-0.3, -0.25) is 9.79 Å². The molecule has 0 saturated carbocycles. The molecule has 156 valence electrons. The lowest BCUT2D eigenvalue weighted by Gasteiger charge is -2.26. The average Bonchev–Trinajstić information content (AvgIpc) is 3.31. The first kappa shape index (κ1) is 19.9. The van der Waals surface area contributed by atoms with E-state index in [9.17, 15) is 22.8 Å². The molecule has 2 aliphatic heterocycles. The SMILES string of the molecule is Cc1cc(C(F)(F)F)cc(N2C(=O)OC[C@H]2C(=O)N(C)c2ccc3c(c2)CN=C3)n1. The molecule has 0 radical (unpaired) electrons. The molecule has 1 aromatic heterocycles. The number of amides is 2. The van der Waals surface area contributed by atoms with E-state index in [-0.39, 0.29) is 18.1 Å². The maximum absolute atomic E-state index is 13.2. The van der Waals surface area contributed by atoms with Gasteiger partial charge in [0.25, 0.3) is 5.91 Å². The molecule has 4 rings (SSSR count). The monoisotopic (exact) mass is 418 g/mol. The normalized spacial score (nSPS) is 17.8. The van der Waals surface area contributed by atoms with Gasteiger partial charge in [0.15, 0.2) is 6.04 Å². The Balaban J connectivity index is 1.65. The molecule has 1 atom stereocenters. The fraction of sp³-hybridized carbons (Fsp3) is 0.300. The quantitative estimate of drug-likeness (QED) is 0.766. The van der Waals surface area contributed by atoms with Crippen molar-refractivity contribution >= 4 is 29.7 Å². The van der Waals surface area contributed by atoms with E-state index in [0.29, 0.717) is 12.2 Å². The molecule has 7 nitrogen and oxygen atoms in total. The first-order chi connectivity index (χ1) is 14.1. The number of halogens is 3. The van der Waals surface area contributed by atoms with Gasteiger partial charge in [-0.25, -0.2) is 14.7 Å². The lowest BCUT2D eigenvalue weighted by Crippen LogP contribution is -2.47. The number of fused-ring (bicyclic) bond motifs is 1. The zero-order chi connectivity index (χ0) is 21.6. The molecule has 0 spiro atoms. The van der Waals surface area contributed by atoms with Crippen molar-refractivity contribution in [3.63, 3.8) is 0 Å². The van der Waals surface area contributed by atoms with Gasteiger partial charge in [-0.1, -0.05) is 6.07 Å². The number of rotatable bonds is 3. The number of carbonyl (C=O) groups is 2. The second-order valence-corrected chi connectivity index (χ2v) is 7.07. The number of aryl methyl sites for hydroxylation is 1. The molecular formula is C20H17F3N4O3. The molecule has 1 fully saturated rings. The number of alkyl halides is 3. The van der Waals surface area contributed by atoms with E-state index in [1.165, 1.54) is 18.9 Å². The third-order valence-electron chi connectivity index (χ3n) is 5.01. The summed E-state index contributed by atoms with van der Waals surface area (Å²) in [4.78, 5) is 35.8. The number of carbonyl (C=O) groups excluding carboxylic acids is 2. The fourth-order valence-corrected chi connectivity index (χ4v) is 3.45. The number of nitrogens with zero attached hydrogens (tertiary/aromatic N) is 4. The van der Waals surface area contributed by atoms with Crippen LogP contribution >= 0.6 is 0 Å². The van der Waals surface area contributed by atoms with Crippen molar-refractivity contribution in [2.75, 3.05) is 23.5 Å². The predicted octanol–water partition coefficient (Wildman–Crippen LogP) is 3.33. The minimum absolute atomic E-state index is 0.0673. The van der Waals surface area contributed by atoms with Crippen LogP contribution in [0.2, 0.25) is 0 Å². The van der Waals surface area contributed by atoms with Crippen LogP contribution in [0, 0.1) is 6.92 Å². The molecule has 1 aromatic carbocycles. The molecule has 2 aromatic rings. The van der Waals surface area contributed by atoms with Crippen molar-refractivity contribution in [3.05, 3.63) is 52.7 Å². The van der Waals surface area contributed by atoms with Crippen LogP contribution in [-0.4, -0.2) is 42.9 Å². The van der Waals surface area contributed by atoms with E-state index in [1.807, 2.05) is 12.1 Å². The summed E-state index contributed by atoms with van der Waals surface area (Å²) in [5, 5.41) is 0. The highest BCUT2D eigenvalue weighted by molar-refractivity contribution is 6.05. The number of ether oxygens (including phenoxy) is 1. The van der Waals surface area contributed by atoms with Gasteiger partial charge in [-0.15, -0.1) is 0 Å². The smallest absolute Gasteiger partial charge is 0.416 e. The predicted molar refractivity (Wildman–Crippen MR) is 103 cm³/mol. The summed E-state index contributed by atoms with van der Waals surface area (Å²) in [6.07, 6.45) is -3.79. The molecule has 0 aliphatic carbocycles. The molecule has 0 N–H and O–H groups in total. The Bertz CT molecular complexity index is 1070. The van der Waals surface area contributed by atoms with Gasteiger partial charge in [0.2, 0.25) is 0 Å². The van der Waals surface area contributed by atoms with Crippen LogP contribution < -0.4 is 9.80 Å².